The Morgan fingerprint density at radius 3 is 1.54 bits per heavy atom. The van der Waals surface area contributed by atoms with Crippen LogP contribution in [0, 0.1) is 0 Å². The van der Waals surface area contributed by atoms with Gasteiger partial charge in [0.2, 0.25) is 0 Å². The van der Waals surface area contributed by atoms with Gasteiger partial charge in [0.25, 0.3) is 0 Å². The number of hydrogen-bond acceptors (Lipinski definition) is 1. The normalized spacial score (nSPS) is 13.2. The molecule has 0 spiro atoms. The molecule has 0 atom stereocenters. The standard InChI is InChI=1S/C23H18O.2C2H6/c1-23(2)21-13-17-9-5-3-7-15(17)11-19(21)20-12-16-8-4-6-10-18(16)14-22(20)24-23;2*1-2/h3-14H,1-2H3;2*1-2H3. The van der Waals surface area contributed by atoms with Crippen molar-refractivity contribution in [2.24, 2.45) is 0 Å². The Labute approximate surface area is 169 Å². The lowest BCUT2D eigenvalue weighted by Crippen LogP contribution is -2.29. The maximum atomic E-state index is 6.40. The fourth-order valence-electron chi connectivity index (χ4n) is 3.81. The van der Waals surface area contributed by atoms with Crippen LogP contribution in [0.15, 0.2) is 72.8 Å². The van der Waals surface area contributed by atoms with Gasteiger partial charge in [-0.1, -0.05) is 76.2 Å². The number of benzene rings is 4. The summed E-state index contributed by atoms with van der Waals surface area (Å²) in [5.41, 5.74) is 3.39. The van der Waals surface area contributed by atoms with Gasteiger partial charge < -0.3 is 4.74 Å². The van der Waals surface area contributed by atoms with Gasteiger partial charge in [-0.2, -0.15) is 0 Å². The molecule has 0 unspecified atom stereocenters. The fourth-order valence-corrected chi connectivity index (χ4v) is 3.81. The molecule has 0 saturated carbocycles. The Kier molecular flexibility index (Phi) is 5.74. The van der Waals surface area contributed by atoms with Gasteiger partial charge in [-0.15, -0.1) is 0 Å². The lowest BCUT2D eigenvalue weighted by atomic mass is 9.84. The van der Waals surface area contributed by atoms with E-state index in [4.69, 9.17) is 4.74 Å². The number of ether oxygens (including phenoxy) is 1. The summed E-state index contributed by atoms with van der Waals surface area (Å²) in [5, 5.41) is 5.00. The molecule has 1 heterocycles. The van der Waals surface area contributed by atoms with Gasteiger partial charge in [-0.05, 0) is 65.2 Å². The Bertz CT molecular complexity index is 1110. The third-order valence-electron chi connectivity index (χ3n) is 5.04. The predicted octanol–water partition coefficient (Wildman–Crippen LogP) is 8.34. The second-order valence-corrected chi connectivity index (χ2v) is 7.05. The third kappa shape index (κ3) is 3.38. The van der Waals surface area contributed by atoms with Crippen LogP contribution in [0.4, 0.5) is 0 Å². The van der Waals surface area contributed by atoms with Crippen molar-refractivity contribution in [1.82, 2.24) is 0 Å². The zero-order valence-electron chi connectivity index (χ0n) is 17.8. The topological polar surface area (TPSA) is 9.23 Å². The zero-order valence-corrected chi connectivity index (χ0v) is 17.8. The molecule has 0 radical (unpaired) electrons. The molecule has 1 heteroatoms. The van der Waals surface area contributed by atoms with E-state index in [-0.39, 0.29) is 5.60 Å². The highest BCUT2D eigenvalue weighted by Gasteiger charge is 2.33. The van der Waals surface area contributed by atoms with Crippen LogP contribution in [0.25, 0.3) is 32.7 Å². The second kappa shape index (κ2) is 8.06. The molecule has 0 amide bonds. The molecule has 144 valence electrons. The summed E-state index contributed by atoms with van der Waals surface area (Å²) in [6.07, 6.45) is 0. The Balaban J connectivity index is 0.000000531. The van der Waals surface area contributed by atoms with E-state index in [1.807, 2.05) is 27.7 Å². The molecule has 1 aliphatic rings. The first kappa shape index (κ1) is 19.9. The molecule has 1 aliphatic heterocycles. The van der Waals surface area contributed by atoms with E-state index in [0.29, 0.717) is 0 Å². The quantitative estimate of drug-likeness (QED) is 0.302. The van der Waals surface area contributed by atoms with Gasteiger partial charge in [0.1, 0.15) is 11.4 Å². The van der Waals surface area contributed by atoms with Crippen molar-refractivity contribution in [3.05, 3.63) is 78.4 Å². The van der Waals surface area contributed by atoms with E-state index >= 15 is 0 Å². The Morgan fingerprint density at radius 2 is 1.00 bits per heavy atom. The number of hydrogen-bond donors (Lipinski definition) is 0. The van der Waals surface area contributed by atoms with E-state index in [9.17, 15) is 0 Å². The lowest BCUT2D eigenvalue weighted by molar-refractivity contribution is 0.106. The van der Waals surface area contributed by atoms with Gasteiger partial charge in [-0.25, -0.2) is 0 Å². The van der Waals surface area contributed by atoms with Gasteiger partial charge in [0.05, 0.1) is 0 Å². The van der Waals surface area contributed by atoms with Crippen LogP contribution < -0.4 is 4.74 Å². The average molecular weight is 371 g/mol. The van der Waals surface area contributed by atoms with Crippen molar-refractivity contribution < 1.29 is 4.74 Å². The van der Waals surface area contributed by atoms with E-state index in [1.54, 1.807) is 0 Å². The molecule has 5 rings (SSSR count). The maximum absolute atomic E-state index is 6.40. The summed E-state index contributed by atoms with van der Waals surface area (Å²) in [7, 11) is 0. The smallest absolute Gasteiger partial charge is 0.129 e. The van der Waals surface area contributed by atoms with Crippen LogP contribution in [0.5, 0.6) is 5.75 Å². The van der Waals surface area contributed by atoms with Gasteiger partial charge in [-0.3, -0.25) is 0 Å². The van der Waals surface area contributed by atoms with Crippen LogP contribution in [0.2, 0.25) is 0 Å². The third-order valence-corrected chi connectivity index (χ3v) is 5.04. The lowest BCUT2D eigenvalue weighted by Gasteiger charge is -2.35. The first-order chi connectivity index (χ1) is 13.6. The largest absolute Gasteiger partial charge is 0.482 e. The second-order valence-electron chi connectivity index (χ2n) is 7.05. The molecular formula is C27H30O. The minimum atomic E-state index is -0.338. The van der Waals surface area contributed by atoms with Crippen LogP contribution >= 0.6 is 0 Å². The molecule has 4 aromatic rings. The minimum Gasteiger partial charge on any atom is -0.482 e. The average Bonchev–Trinajstić information content (AvgIpc) is 2.74. The van der Waals surface area contributed by atoms with Crippen LogP contribution in [0.3, 0.4) is 0 Å². The molecule has 0 aliphatic carbocycles. The van der Waals surface area contributed by atoms with Crippen LogP contribution in [-0.4, -0.2) is 0 Å². The Morgan fingerprint density at radius 1 is 0.571 bits per heavy atom. The summed E-state index contributed by atoms with van der Waals surface area (Å²) >= 11 is 0. The van der Waals surface area contributed by atoms with Crippen LogP contribution in [-0.2, 0) is 5.60 Å². The van der Waals surface area contributed by atoms with E-state index in [1.165, 1.54) is 38.2 Å². The molecule has 0 aromatic heterocycles. The summed E-state index contributed by atoms with van der Waals surface area (Å²) in [6, 6.07) is 26.0. The summed E-state index contributed by atoms with van der Waals surface area (Å²) in [6.45, 7) is 12.3. The minimum absolute atomic E-state index is 0.338. The van der Waals surface area contributed by atoms with Crippen molar-refractivity contribution >= 4 is 21.5 Å². The molecule has 1 nitrogen and oxygen atoms in total. The molecular weight excluding hydrogens is 340 g/mol. The summed E-state index contributed by atoms with van der Waals surface area (Å²) in [4.78, 5) is 0. The van der Waals surface area contributed by atoms with Gasteiger partial charge >= 0.3 is 0 Å². The number of rotatable bonds is 0. The van der Waals surface area contributed by atoms with E-state index < -0.39 is 0 Å². The highest BCUT2D eigenvalue weighted by molar-refractivity contribution is 5.96. The maximum Gasteiger partial charge on any atom is 0.129 e. The first-order valence-corrected chi connectivity index (χ1v) is 10.4. The van der Waals surface area contributed by atoms with Gasteiger partial charge in [0.15, 0.2) is 0 Å². The monoisotopic (exact) mass is 370 g/mol. The molecule has 4 aromatic carbocycles. The van der Waals surface area contributed by atoms with Crippen molar-refractivity contribution in [1.29, 1.82) is 0 Å². The molecule has 0 fully saturated rings. The molecule has 0 N–H and O–H groups in total. The highest BCUT2D eigenvalue weighted by atomic mass is 16.5. The van der Waals surface area contributed by atoms with Gasteiger partial charge in [0, 0.05) is 11.1 Å². The first-order valence-electron chi connectivity index (χ1n) is 10.4. The van der Waals surface area contributed by atoms with E-state index in [0.717, 1.165) is 5.75 Å². The SMILES string of the molecule is CC.CC.CC1(C)Oc2cc3ccccc3cc2-c2cc3ccccc3cc21. The summed E-state index contributed by atoms with van der Waals surface area (Å²) in [5.74, 6) is 0.974. The fraction of sp³-hybridized carbons (Fsp3) is 0.259. The zero-order chi connectivity index (χ0) is 20.3. The van der Waals surface area contributed by atoms with Crippen molar-refractivity contribution in [3.8, 4) is 16.9 Å². The van der Waals surface area contributed by atoms with E-state index in [2.05, 4.69) is 86.6 Å². The highest BCUT2D eigenvalue weighted by Crippen LogP contribution is 2.47. The predicted molar refractivity (Wildman–Crippen MR) is 123 cm³/mol. The van der Waals surface area contributed by atoms with Crippen molar-refractivity contribution in [3.63, 3.8) is 0 Å². The number of fused-ring (bicyclic) bond motifs is 5. The van der Waals surface area contributed by atoms with Crippen LogP contribution in [0.1, 0.15) is 47.1 Å². The molecule has 0 saturated heterocycles. The van der Waals surface area contributed by atoms with Crippen molar-refractivity contribution in [2.45, 2.75) is 47.1 Å². The van der Waals surface area contributed by atoms with Crippen molar-refractivity contribution in [2.75, 3.05) is 0 Å². The summed E-state index contributed by atoms with van der Waals surface area (Å²) < 4.78 is 6.40. The molecule has 28 heavy (non-hydrogen) atoms. The Hall–Kier alpha value is -2.80. The molecule has 0 bridgehead atoms.